The maximum Gasteiger partial charge on any atom is 0.237 e. The van der Waals surface area contributed by atoms with Gasteiger partial charge < -0.3 is 4.74 Å². The molecular formula is C15H15N3O. The van der Waals surface area contributed by atoms with Crippen LogP contribution in [0.15, 0.2) is 36.7 Å². The molecule has 0 saturated carbocycles. The number of hydrogen-bond acceptors (Lipinski definition) is 4. The number of nitriles is 1. The standard InChI is InChI=1S/C15H15N3O/c1-2-3-4-12-5-7-14(8-6-12)19-15-11-17-13(9-16)10-18-15/h5-8,10-11H,2-4H2,1H3. The lowest BCUT2D eigenvalue weighted by molar-refractivity contribution is 0.459. The molecule has 1 aromatic carbocycles. The summed E-state index contributed by atoms with van der Waals surface area (Å²) in [6.07, 6.45) is 6.32. The molecule has 0 bridgehead atoms. The molecule has 0 radical (unpaired) electrons. The number of rotatable bonds is 5. The minimum absolute atomic E-state index is 0.280. The summed E-state index contributed by atoms with van der Waals surface area (Å²) in [6, 6.07) is 9.87. The van der Waals surface area contributed by atoms with E-state index in [-0.39, 0.29) is 5.69 Å². The minimum Gasteiger partial charge on any atom is -0.438 e. The number of aromatic nitrogens is 2. The minimum atomic E-state index is 0.280. The topological polar surface area (TPSA) is 58.8 Å². The summed E-state index contributed by atoms with van der Waals surface area (Å²) in [5.74, 6) is 1.11. The quantitative estimate of drug-likeness (QED) is 0.818. The number of aryl methyl sites for hydroxylation is 1. The molecule has 0 saturated heterocycles. The van der Waals surface area contributed by atoms with Crippen molar-refractivity contribution in [2.45, 2.75) is 26.2 Å². The molecule has 0 atom stereocenters. The lowest BCUT2D eigenvalue weighted by Gasteiger charge is -2.05. The van der Waals surface area contributed by atoms with E-state index in [0.29, 0.717) is 5.88 Å². The Morgan fingerprint density at radius 2 is 1.95 bits per heavy atom. The van der Waals surface area contributed by atoms with Crippen LogP contribution in [0.5, 0.6) is 11.6 Å². The average Bonchev–Trinajstić information content (AvgIpc) is 2.47. The van der Waals surface area contributed by atoms with Crippen LogP contribution >= 0.6 is 0 Å². The maximum atomic E-state index is 8.63. The van der Waals surface area contributed by atoms with E-state index in [1.54, 1.807) is 0 Å². The Balaban J connectivity index is 2.00. The Kier molecular flexibility index (Phi) is 4.46. The molecule has 0 unspecified atom stereocenters. The van der Waals surface area contributed by atoms with Crippen LogP contribution in [0.25, 0.3) is 0 Å². The van der Waals surface area contributed by atoms with Crippen LogP contribution < -0.4 is 4.74 Å². The molecule has 2 rings (SSSR count). The molecule has 4 heteroatoms. The molecular weight excluding hydrogens is 238 g/mol. The van der Waals surface area contributed by atoms with Gasteiger partial charge in [-0.05, 0) is 30.5 Å². The zero-order valence-electron chi connectivity index (χ0n) is 10.8. The molecule has 1 aromatic heterocycles. The van der Waals surface area contributed by atoms with Crippen molar-refractivity contribution < 1.29 is 4.74 Å². The second kappa shape index (κ2) is 6.50. The first-order chi connectivity index (χ1) is 9.31. The highest BCUT2D eigenvalue weighted by Crippen LogP contribution is 2.19. The number of nitrogens with zero attached hydrogens (tertiary/aromatic N) is 3. The van der Waals surface area contributed by atoms with Crippen molar-refractivity contribution in [1.29, 1.82) is 5.26 Å². The van der Waals surface area contributed by atoms with Gasteiger partial charge in [-0.1, -0.05) is 25.5 Å². The van der Waals surface area contributed by atoms with Crippen molar-refractivity contribution in [3.05, 3.63) is 47.9 Å². The SMILES string of the molecule is CCCCc1ccc(Oc2cnc(C#N)cn2)cc1. The second-order valence-electron chi connectivity index (χ2n) is 4.20. The third-order valence-corrected chi connectivity index (χ3v) is 2.71. The average molecular weight is 253 g/mol. The molecule has 0 N–H and O–H groups in total. The van der Waals surface area contributed by atoms with Crippen LogP contribution in [-0.4, -0.2) is 9.97 Å². The highest BCUT2D eigenvalue weighted by Gasteiger charge is 2.00. The summed E-state index contributed by atoms with van der Waals surface area (Å²) >= 11 is 0. The second-order valence-corrected chi connectivity index (χ2v) is 4.20. The predicted octanol–water partition coefficient (Wildman–Crippen LogP) is 3.48. The summed E-state index contributed by atoms with van der Waals surface area (Å²) in [6.45, 7) is 2.18. The number of benzene rings is 1. The molecule has 0 aliphatic carbocycles. The Hall–Kier alpha value is -2.41. The third kappa shape index (κ3) is 3.78. The third-order valence-electron chi connectivity index (χ3n) is 2.71. The Bertz CT molecular complexity index is 555. The van der Waals surface area contributed by atoms with E-state index >= 15 is 0 Å². The van der Waals surface area contributed by atoms with Crippen LogP contribution in [0.4, 0.5) is 0 Å². The van der Waals surface area contributed by atoms with Crippen molar-refractivity contribution in [3.8, 4) is 17.7 Å². The van der Waals surface area contributed by atoms with Crippen LogP contribution in [0, 0.1) is 11.3 Å². The fraction of sp³-hybridized carbons (Fsp3) is 0.267. The summed E-state index contributed by atoms with van der Waals surface area (Å²) < 4.78 is 5.55. The predicted molar refractivity (Wildman–Crippen MR) is 71.9 cm³/mol. The van der Waals surface area contributed by atoms with Crippen molar-refractivity contribution in [2.75, 3.05) is 0 Å². The molecule has 96 valence electrons. The normalized spacial score (nSPS) is 9.89. The van der Waals surface area contributed by atoms with Gasteiger partial charge in [-0.15, -0.1) is 0 Å². The molecule has 1 heterocycles. The zero-order valence-corrected chi connectivity index (χ0v) is 10.8. The van der Waals surface area contributed by atoms with E-state index in [1.165, 1.54) is 30.8 Å². The van der Waals surface area contributed by atoms with E-state index < -0.39 is 0 Å². The lowest BCUT2D eigenvalue weighted by atomic mass is 10.1. The van der Waals surface area contributed by atoms with Gasteiger partial charge in [-0.25, -0.2) is 9.97 Å². The van der Waals surface area contributed by atoms with Crippen molar-refractivity contribution >= 4 is 0 Å². The van der Waals surface area contributed by atoms with Crippen LogP contribution in [-0.2, 0) is 6.42 Å². The van der Waals surface area contributed by atoms with Crippen LogP contribution in [0.1, 0.15) is 31.0 Å². The molecule has 19 heavy (non-hydrogen) atoms. The number of unbranched alkanes of at least 4 members (excludes halogenated alkanes) is 1. The molecule has 0 fully saturated rings. The Morgan fingerprint density at radius 1 is 1.16 bits per heavy atom. The molecule has 4 nitrogen and oxygen atoms in total. The molecule has 0 aliphatic heterocycles. The lowest BCUT2D eigenvalue weighted by Crippen LogP contribution is -1.91. The monoisotopic (exact) mass is 253 g/mol. The summed E-state index contributed by atoms with van der Waals surface area (Å²) in [5.41, 5.74) is 1.59. The van der Waals surface area contributed by atoms with E-state index in [9.17, 15) is 0 Å². The van der Waals surface area contributed by atoms with Crippen LogP contribution in [0.3, 0.4) is 0 Å². The maximum absolute atomic E-state index is 8.63. The summed E-state index contributed by atoms with van der Waals surface area (Å²) in [5, 5.41) is 8.63. The van der Waals surface area contributed by atoms with Gasteiger partial charge in [0.05, 0.1) is 12.4 Å². The Morgan fingerprint density at radius 3 is 2.53 bits per heavy atom. The van der Waals surface area contributed by atoms with Gasteiger partial charge in [0.1, 0.15) is 11.8 Å². The molecule has 0 spiro atoms. The molecule has 0 aliphatic rings. The van der Waals surface area contributed by atoms with Gasteiger partial charge in [-0.3, -0.25) is 0 Å². The first-order valence-electron chi connectivity index (χ1n) is 6.30. The van der Waals surface area contributed by atoms with Gasteiger partial charge in [0.15, 0.2) is 5.69 Å². The van der Waals surface area contributed by atoms with E-state index in [4.69, 9.17) is 10.00 Å². The van der Waals surface area contributed by atoms with Gasteiger partial charge in [0, 0.05) is 0 Å². The highest BCUT2D eigenvalue weighted by atomic mass is 16.5. The number of ether oxygens (including phenoxy) is 1. The van der Waals surface area contributed by atoms with Gasteiger partial charge in [-0.2, -0.15) is 5.26 Å². The highest BCUT2D eigenvalue weighted by molar-refractivity contribution is 5.30. The van der Waals surface area contributed by atoms with Crippen LogP contribution in [0.2, 0.25) is 0 Å². The van der Waals surface area contributed by atoms with Crippen molar-refractivity contribution in [3.63, 3.8) is 0 Å². The van der Waals surface area contributed by atoms with E-state index in [2.05, 4.69) is 29.0 Å². The van der Waals surface area contributed by atoms with Gasteiger partial charge in [0.2, 0.25) is 5.88 Å². The fourth-order valence-corrected chi connectivity index (χ4v) is 1.65. The molecule has 0 amide bonds. The fourth-order valence-electron chi connectivity index (χ4n) is 1.65. The molecule has 2 aromatic rings. The van der Waals surface area contributed by atoms with Gasteiger partial charge >= 0.3 is 0 Å². The zero-order chi connectivity index (χ0) is 13.5. The largest absolute Gasteiger partial charge is 0.438 e. The van der Waals surface area contributed by atoms with Crippen molar-refractivity contribution in [1.82, 2.24) is 9.97 Å². The Labute approximate surface area is 112 Å². The summed E-state index contributed by atoms with van der Waals surface area (Å²) in [4.78, 5) is 7.91. The number of hydrogen-bond donors (Lipinski definition) is 0. The van der Waals surface area contributed by atoms with E-state index in [0.717, 1.165) is 12.2 Å². The first kappa shape index (κ1) is 13.0. The van der Waals surface area contributed by atoms with E-state index in [1.807, 2.05) is 18.2 Å². The first-order valence-corrected chi connectivity index (χ1v) is 6.30. The van der Waals surface area contributed by atoms with Gasteiger partial charge in [0.25, 0.3) is 0 Å². The smallest absolute Gasteiger partial charge is 0.237 e. The summed E-state index contributed by atoms with van der Waals surface area (Å²) in [7, 11) is 0. The van der Waals surface area contributed by atoms with Crippen molar-refractivity contribution in [2.24, 2.45) is 0 Å².